The summed E-state index contributed by atoms with van der Waals surface area (Å²) >= 11 is 0. The standard InChI is InChI=1S/C13H14N2O3/c1-2-18-13(17)12(16)15(10-6-9-14)11-7-4-3-5-8-11/h3-5,7-8H,2,6,10H2,1H3. The van der Waals surface area contributed by atoms with Gasteiger partial charge in [-0.2, -0.15) is 5.26 Å². The average Bonchev–Trinajstić information content (AvgIpc) is 2.40. The molecule has 5 nitrogen and oxygen atoms in total. The Balaban J connectivity index is 2.89. The minimum absolute atomic E-state index is 0.144. The smallest absolute Gasteiger partial charge is 0.397 e. The van der Waals surface area contributed by atoms with E-state index in [0.29, 0.717) is 5.69 Å². The lowest BCUT2D eigenvalue weighted by atomic mass is 10.2. The third-order valence-electron chi connectivity index (χ3n) is 2.21. The third kappa shape index (κ3) is 3.59. The summed E-state index contributed by atoms with van der Waals surface area (Å²) in [5.41, 5.74) is 0.575. The van der Waals surface area contributed by atoms with Crippen molar-refractivity contribution in [1.82, 2.24) is 0 Å². The zero-order valence-electron chi connectivity index (χ0n) is 10.1. The number of hydrogen-bond donors (Lipinski definition) is 0. The Morgan fingerprint density at radius 2 is 2.00 bits per heavy atom. The first-order chi connectivity index (χ1) is 8.70. The maximum absolute atomic E-state index is 11.9. The molecule has 5 heteroatoms. The molecule has 1 aromatic rings. The predicted molar refractivity (Wildman–Crippen MR) is 65.7 cm³/mol. The van der Waals surface area contributed by atoms with Gasteiger partial charge in [-0.05, 0) is 19.1 Å². The van der Waals surface area contributed by atoms with Crippen molar-refractivity contribution in [2.24, 2.45) is 0 Å². The number of hydrogen-bond acceptors (Lipinski definition) is 4. The van der Waals surface area contributed by atoms with Crippen LogP contribution in [0.1, 0.15) is 13.3 Å². The first kappa shape index (κ1) is 13.7. The van der Waals surface area contributed by atoms with E-state index < -0.39 is 11.9 Å². The number of amides is 1. The topological polar surface area (TPSA) is 70.4 Å². The molecule has 0 aliphatic carbocycles. The number of ether oxygens (including phenoxy) is 1. The third-order valence-corrected chi connectivity index (χ3v) is 2.21. The van der Waals surface area contributed by atoms with E-state index in [2.05, 4.69) is 4.74 Å². The van der Waals surface area contributed by atoms with Crippen molar-refractivity contribution in [3.63, 3.8) is 0 Å². The van der Waals surface area contributed by atoms with E-state index in [1.807, 2.05) is 6.07 Å². The summed E-state index contributed by atoms with van der Waals surface area (Å²) in [5.74, 6) is -1.66. The van der Waals surface area contributed by atoms with Gasteiger partial charge in [0.15, 0.2) is 0 Å². The second-order valence-corrected chi connectivity index (χ2v) is 3.42. The van der Waals surface area contributed by atoms with Crippen molar-refractivity contribution in [2.45, 2.75) is 13.3 Å². The number of benzene rings is 1. The predicted octanol–water partition coefficient (Wildman–Crippen LogP) is 1.50. The second-order valence-electron chi connectivity index (χ2n) is 3.42. The minimum atomic E-state index is -0.903. The Hall–Kier alpha value is -2.35. The van der Waals surface area contributed by atoms with Crippen LogP contribution in [0.25, 0.3) is 0 Å². The Morgan fingerprint density at radius 3 is 2.56 bits per heavy atom. The molecule has 0 heterocycles. The largest absolute Gasteiger partial charge is 0.459 e. The van der Waals surface area contributed by atoms with Gasteiger partial charge >= 0.3 is 11.9 Å². The van der Waals surface area contributed by atoms with Crippen LogP contribution < -0.4 is 4.90 Å². The summed E-state index contributed by atoms with van der Waals surface area (Å²) in [6, 6.07) is 10.7. The van der Waals surface area contributed by atoms with Crippen LogP contribution in [0, 0.1) is 11.3 Å². The number of nitrogens with zero attached hydrogens (tertiary/aromatic N) is 2. The van der Waals surface area contributed by atoms with Crippen molar-refractivity contribution >= 4 is 17.6 Å². The molecule has 0 radical (unpaired) electrons. The fourth-order valence-corrected chi connectivity index (χ4v) is 1.42. The first-order valence-corrected chi connectivity index (χ1v) is 5.61. The monoisotopic (exact) mass is 246 g/mol. The highest BCUT2D eigenvalue weighted by Crippen LogP contribution is 2.14. The van der Waals surface area contributed by atoms with Crippen LogP contribution in [0.2, 0.25) is 0 Å². The van der Waals surface area contributed by atoms with Crippen LogP contribution in [-0.2, 0) is 14.3 Å². The van der Waals surface area contributed by atoms with Gasteiger partial charge in [0.25, 0.3) is 0 Å². The van der Waals surface area contributed by atoms with Crippen LogP contribution >= 0.6 is 0 Å². The van der Waals surface area contributed by atoms with Crippen molar-refractivity contribution in [2.75, 3.05) is 18.1 Å². The Labute approximate surface area is 106 Å². The molecule has 18 heavy (non-hydrogen) atoms. The normalized spacial score (nSPS) is 9.33. The maximum Gasteiger partial charge on any atom is 0.397 e. The van der Waals surface area contributed by atoms with Crippen LogP contribution in [0.4, 0.5) is 5.69 Å². The van der Waals surface area contributed by atoms with Crippen molar-refractivity contribution in [3.8, 4) is 6.07 Å². The van der Waals surface area contributed by atoms with E-state index in [-0.39, 0.29) is 19.6 Å². The lowest BCUT2D eigenvalue weighted by Gasteiger charge is -2.20. The van der Waals surface area contributed by atoms with Gasteiger partial charge in [0.1, 0.15) is 0 Å². The number of carbonyl (C=O) groups excluding carboxylic acids is 2. The molecule has 0 unspecified atom stereocenters. The summed E-state index contributed by atoms with van der Waals surface area (Å²) < 4.78 is 4.67. The van der Waals surface area contributed by atoms with Gasteiger partial charge in [0, 0.05) is 12.2 Å². The number of carbonyl (C=O) groups is 2. The summed E-state index contributed by atoms with van der Waals surface area (Å²) in [6.07, 6.45) is 0.153. The molecule has 1 rings (SSSR count). The Bertz CT molecular complexity index is 451. The maximum atomic E-state index is 11.9. The summed E-state index contributed by atoms with van der Waals surface area (Å²) in [5, 5.41) is 8.58. The fourth-order valence-electron chi connectivity index (χ4n) is 1.42. The second kappa shape index (κ2) is 7.07. The molecule has 1 aromatic carbocycles. The van der Waals surface area contributed by atoms with E-state index in [1.54, 1.807) is 37.3 Å². The quantitative estimate of drug-likeness (QED) is 0.596. The van der Waals surface area contributed by atoms with E-state index in [1.165, 1.54) is 4.90 Å². The number of nitriles is 1. The molecule has 0 saturated heterocycles. The summed E-state index contributed by atoms with van der Waals surface area (Å²) in [7, 11) is 0. The van der Waals surface area contributed by atoms with Crippen LogP contribution in [0.15, 0.2) is 30.3 Å². The highest BCUT2D eigenvalue weighted by molar-refractivity contribution is 6.38. The van der Waals surface area contributed by atoms with Crippen LogP contribution in [0.5, 0.6) is 0 Å². The van der Waals surface area contributed by atoms with E-state index in [4.69, 9.17) is 5.26 Å². The van der Waals surface area contributed by atoms with Gasteiger partial charge in [0.2, 0.25) is 0 Å². The molecule has 0 aliphatic heterocycles. The van der Waals surface area contributed by atoms with Crippen LogP contribution in [-0.4, -0.2) is 25.0 Å². The molecule has 0 bridgehead atoms. The number of para-hydroxylation sites is 1. The number of rotatable bonds is 4. The minimum Gasteiger partial charge on any atom is -0.459 e. The number of esters is 1. The van der Waals surface area contributed by atoms with E-state index in [9.17, 15) is 9.59 Å². The molecule has 0 aliphatic rings. The molecule has 0 saturated carbocycles. The Kier molecular flexibility index (Phi) is 5.39. The molecule has 94 valence electrons. The average molecular weight is 246 g/mol. The van der Waals surface area contributed by atoms with Gasteiger partial charge in [0.05, 0.1) is 19.1 Å². The first-order valence-electron chi connectivity index (χ1n) is 5.61. The lowest BCUT2D eigenvalue weighted by molar-refractivity contribution is -0.153. The fraction of sp³-hybridized carbons (Fsp3) is 0.308. The molecule has 1 amide bonds. The molecular formula is C13H14N2O3. The molecule has 0 atom stereocenters. The zero-order chi connectivity index (χ0) is 13.4. The zero-order valence-corrected chi connectivity index (χ0v) is 10.1. The summed E-state index contributed by atoms with van der Waals surface area (Å²) in [4.78, 5) is 24.6. The highest BCUT2D eigenvalue weighted by atomic mass is 16.5. The van der Waals surface area contributed by atoms with Crippen molar-refractivity contribution in [3.05, 3.63) is 30.3 Å². The van der Waals surface area contributed by atoms with Gasteiger partial charge in [-0.15, -0.1) is 0 Å². The molecule has 0 aromatic heterocycles. The van der Waals surface area contributed by atoms with E-state index >= 15 is 0 Å². The van der Waals surface area contributed by atoms with Gasteiger partial charge in [-0.1, -0.05) is 18.2 Å². The summed E-state index contributed by atoms with van der Waals surface area (Å²) in [6.45, 7) is 1.94. The van der Waals surface area contributed by atoms with Crippen LogP contribution in [0.3, 0.4) is 0 Å². The van der Waals surface area contributed by atoms with Crippen molar-refractivity contribution in [1.29, 1.82) is 5.26 Å². The molecule has 0 fully saturated rings. The van der Waals surface area contributed by atoms with Gasteiger partial charge in [-0.25, -0.2) is 4.79 Å². The number of anilines is 1. The van der Waals surface area contributed by atoms with Gasteiger partial charge in [-0.3, -0.25) is 4.79 Å². The molecule has 0 spiro atoms. The molecular weight excluding hydrogens is 232 g/mol. The van der Waals surface area contributed by atoms with E-state index in [0.717, 1.165) is 0 Å². The van der Waals surface area contributed by atoms with Crippen molar-refractivity contribution < 1.29 is 14.3 Å². The van der Waals surface area contributed by atoms with Gasteiger partial charge < -0.3 is 9.64 Å². The Morgan fingerprint density at radius 1 is 1.33 bits per heavy atom. The molecule has 0 N–H and O–H groups in total. The lowest BCUT2D eigenvalue weighted by Crippen LogP contribution is -2.38. The highest BCUT2D eigenvalue weighted by Gasteiger charge is 2.23. The SMILES string of the molecule is CCOC(=O)C(=O)N(CCC#N)c1ccccc1.